The van der Waals surface area contributed by atoms with Crippen molar-refractivity contribution in [2.75, 3.05) is 19.5 Å². The Balaban J connectivity index is 1.57. The highest BCUT2D eigenvalue weighted by Crippen LogP contribution is 2.49. The van der Waals surface area contributed by atoms with Crippen molar-refractivity contribution in [3.63, 3.8) is 0 Å². The number of nitrogens with one attached hydrogen (secondary N) is 1. The van der Waals surface area contributed by atoms with E-state index in [1.165, 1.54) is 5.56 Å². The number of aryl methyl sites for hydroxylation is 2. The van der Waals surface area contributed by atoms with Gasteiger partial charge in [-0.25, -0.2) is 0 Å². The number of benzene rings is 2. The van der Waals surface area contributed by atoms with Crippen molar-refractivity contribution in [2.45, 2.75) is 32.1 Å². The lowest BCUT2D eigenvalue weighted by Gasteiger charge is -2.13. The van der Waals surface area contributed by atoms with Crippen LogP contribution in [-0.2, 0) is 10.2 Å². The van der Waals surface area contributed by atoms with Gasteiger partial charge in [0.1, 0.15) is 0 Å². The molecule has 29 heavy (non-hydrogen) atoms. The lowest BCUT2D eigenvalue weighted by Crippen LogP contribution is -2.28. The second-order valence-electron chi connectivity index (χ2n) is 7.48. The topological polar surface area (TPSA) is 73.6 Å². The highest BCUT2D eigenvalue weighted by molar-refractivity contribution is 6.01. The van der Waals surface area contributed by atoms with Crippen molar-refractivity contribution < 1.29 is 18.8 Å². The number of ether oxygens (including phenoxy) is 2. The largest absolute Gasteiger partial charge is 0.493 e. The van der Waals surface area contributed by atoms with Crippen LogP contribution in [0.25, 0.3) is 11.3 Å². The lowest BCUT2D eigenvalue weighted by molar-refractivity contribution is -0.118. The number of hydrogen-bond acceptors (Lipinski definition) is 5. The van der Waals surface area contributed by atoms with Gasteiger partial charge in [-0.2, -0.15) is 0 Å². The Morgan fingerprint density at radius 3 is 2.41 bits per heavy atom. The smallest absolute Gasteiger partial charge is 0.236 e. The van der Waals surface area contributed by atoms with Crippen molar-refractivity contribution in [3.8, 4) is 22.8 Å². The van der Waals surface area contributed by atoms with Crippen LogP contribution in [0.2, 0.25) is 0 Å². The number of nitrogens with zero attached hydrogens (tertiary/aromatic N) is 1. The highest BCUT2D eigenvalue weighted by Gasteiger charge is 2.53. The average Bonchev–Trinajstić information content (AvgIpc) is 3.40. The van der Waals surface area contributed by atoms with Crippen molar-refractivity contribution in [2.24, 2.45) is 0 Å². The molecule has 1 saturated carbocycles. The predicted molar refractivity (Wildman–Crippen MR) is 111 cm³/mol. The van der Waals surface area contributed by atoms with Crippen molar-refractivity contribution in [3.05, 3.63) is 59.3 Å². The molecule has 6 heteroatoms. The molecule has 1 amide bonds. The zero-order chi connectivity index (χ0) is 20.6. The van der Waals surface area contributed by atoms with Gasteiger partial charge in [0.25, 0.3) is 0 Å². The van der Waals surface area contributed by atoms with E-state index in [2.05, 4.69) is 17.4 Å². The Hall–Kier alpha value is -3.28. The van der Waals surface area contributed by atoms with E-state index >= 15 is 0 Å². The van der Waals surface area contributed by atoms with E-state index < -0.39 is 5.41 Å². The summed E-state index contributed by atoms with van der Waals surface area (Å²) in [5.74, 6) is 1.79. The van der Waals surface area contributed by atoms with E-state index in [1.54, 1.807) is 14.2 Å². The van der Waals surface area contributed by atoms with Crippen LogP contribution < -0.4 is 14.8 Å². The standard InChI is InChI=1S/C23H24N2O4/c1-14-5-7-17(11-15(14)2)24-22(26)23(9-10-23)21-13-19(29-25-21)16-6-8-18(27-3)20(12-16)28-4/h5-8,11-13H,9-10H2,1-4H3,(H,24,26). The van der Waals surface area contributed by atoms with Gasteiger partial charge < -0.3 is 19.3 Å². The van der Waals surface area contributed by atoms with Gasteiger partial charge in [-0.1, -0.05) is 11.2 Å². The van der Waals surface area contributed by atoms with Crippen LogP contribution >= 0.6 is 0 Å². The summed E-state index contributed by atoms with van der Waals surface area (Å²) in [5, 5.41) is 7.25. The molecule has 1 heterocycles. The summed E-state index contributed by atoms with van der Waals surface area (Å²) in [5.41, 5.74) is 3.98. The quantitative estimate of drug-likeness (QED) is 0.661. The summed E-state index contributed by atoms with van der Waals surface area (Å²) in [4.78, 5) is 13.0. The van der Waals surface area contributed by atoms with Crippen molar-refractivity contribution in [1.82, 2.24) is 5.16 Å². The maximum Gasteiger partial charge on any atom is 0.236 e. The average molecular weight is 392 g/mol. The number of anilines is 1. The monoisotopic (exact) mass is 392 g/mol. The van der Waals surface area contributed by atoms with E-state index in [0.29, 0.717) is 23.0 Å². The Morgan fingerprint density at radius 1 is 1.00 bits per heavy atom. The third kappa shape index (κ3) is 3.46. The number of methoxy groups -OCH3 is 2. The van der Waals surface area contributed by atoms with E-state index in [0.717, 1.165) is 29.7 Å². The molecule has 0 saturated heterocycles. The molecule has 3 aromatic rings. The molecule has 1 aliphatic carbocycles. The number of rotatable bonds is 6. The van der Waals surface area contributed by atoms with Crippen LogP contribution in [0.15, 0.2) is 47.0 Å². The maximum atomic E-state index is 13.0. The Labute approximate surface area is 169 Å². The molecule has 0 unspecified atom stereocenters. The minimum Gasteiger partial charge on any atom is -0.493 e. The minimum atomic E-state index is -0.628. The molecular formula is C23H24N2O4. The Bertz CT molecular complexity index is 1070. The molecule has 6 nitrogen and oxygen atoms in total. The summed E-state index contributed by atoms with van der Waals surface area (Å²) in [6.45, 7) is 4.08. The van der Waals surface area contributed by atoms with E-state index in [4.69, 9.17) is 14.0 Å². The Kier molecular flexibility index (Phi) is 4.78. The first-order valence-electron chi connectivity index (χ1n) is 9.55. The van der Waals surface area contributed by atoms with Gasteiger partial charge in [-0.3, -0.25) is 4.79 Å². The number of hydrogen-bond donors (Lipinski definition) is 1. The summed E-state index contributed by atoms with van der Waals surface area (Å²) in [6.07, 6.45) is 1.50. The molecule has 0 aliphatic heterocycles. The number of amides is 1. The molecule has 1 fully saturated rings. The zero-order valence-corrected chi connectivity index (χ0v) is 17.0. The summed E-state index contributed by atoms with van der Waals surface area (Å²) >= 11 is 0. The fourth-order valence-corrected chi connectivity index (χ4v) is 3.42. The van der Waals surface area contributed by atoms with Gasteiger partial charge in [0, 0.05) is 17.3 Å². The fourth-order valence-electron chi connectivity index (χ4n) is 3.42. The Morgan fingerprint density at radius 2 is 1.76 bits per heavy atom. The predicted octanol–water partition coefficient (Wildman–Crippen LogP) is 4.65. The molecule has 0 spiro atoms. The molecule has 1 aromatic heterocycles. The minimum absolute atomic E-state index is 0.0482. The molecule has 150 valence electrons. The highest BCUT2D eigenvalue weighted by atomic mass is 16.5. The lowest BCUT2D eigenvalue weighted by atomic mass is 9.99. The van der Waals surface area contributed by atoms with E-state index in [1.807, 2.05) is 49.4 Å². The van der Waals surface area contributed by atoms with Crippen molar-refractivity contribution >= 4 is 11.6 Å². The summed E-state index contributed by atoms with van der Waals surface area (Å²) < 4.78 is 16.2. The first-order chi connectivity index (χ1) is 14.0. The summed E-state index contributed by atoms with van der Waals surface area (Å²) in [6, 6.07) is 13.3. The maximum absolute atomic E-state index is 13.0. The third-order valence-corrected chi connectivity index (χ3v) is 5.62. The molecule has 0 atom stereocenters. The fraction of sp³-hybridized carbons (Fsp3) is 0.304. The normalized spacial score (nSPS) is 14.3. The van der Waals surface area contributed by atoms with Crippen LogP contribution in [0, 0.1) is 13.8 Å². The molecule has 0 radical (unpaired) electrons. The van der Waals surface area contributed by atoms with Gasteiger partial charge in [0.15, 0.2) is 17.3 Å². The molecule has 2 aromatic carbocycles. The van der Waals surface area contributed by atoms with Crippen LogP contribution in [0.3, 0.4) is 0 Å². The zero-order valence-electron chi connectivity index (χ0n) is 17.0. The van der Waals surface area contributed by atoms with Gasteiger partial charge in [0.05, 0.1) is 25.3 Å². The van der Waals surface area contributed by atoms with Crippen molar-refractivity contribution in [1.29, 1.82) is 0 Å². The van der Waals surface area contributed by atoms with Crippen LogP contribution in [0.5, 0.6) is 11.5 Å². The molecule has 0 bridgehead atoms. The first kappa shape index (κ1) is 19.1. The number of carbonyl (C=O) groups excluding carboxylic acids is 1. The van der Waals surface area contributed by atoms with Gasteiger partial charge in [-0.05, 0) is 68.1 Å². The third-order valence-electron chi connectivity index (χ3n) is 5.62. The van der Waals surface area contributed by atoms with Gasteiger partial charge >= 0.3 is 0 Å². The summed E-state index contributed by atoms with van der Waals surface area (Å²) in [7, 11) is 3.18. The van der Waals surface area contributed by atoms with Crippen LogP contribution in [0.1, 0.15) is 29.7 Å². The van der Waals surface area contributed by atoms with Crippen LogP contribution in [-0.4, -0.2) is 25.3 Å². The molecule has 4 rings (SSSR count). The van der Waals surface area contributed by atoms with Gasteiger partial charge in [0.2, 0.25) is 5.91 Å². The molecular weight excluding hydrogens is 368 g/mol. The SMILES string of the molecule is COc1ccc(-c2cc(C3(C(=O)Nc4ccc(C)c(C)c4)CC3)no2)cc1OC. The van der Waals surface area contributed by atoms with E-state index in [-0.39, 0.29) is 5.91 Å². The second kappa shape index (κ2) is 7.28. The number of carbonyl (C=O) groups is 1. The molecule has 1 aliphatic rings. The van der Waals surface area contributed by atoms with Crippen LogP contribution in [0.4, 0.5) is 5.69 Å². The van der Waals surface area contributed by atoms with E-state index in [9.17, 15) is 4.79 Å². The second-order valence-corrected chi connectivity index (χ2v) is 7.48. The first-order valence-corrected chi connectivity index (χ1v) is 9.55. The molecule has 1 N–H and O–H groups in total. The van der Waals surface area contributed by atoms with Gasteiger partial charge in [-0.15, -0.1) is 0 Å². The number of aromatic nitrogens is 1.